The average Bonchev–Trinajstić information content (AvgIpc) is 3.18. The topological polar surface area (TPSA) is 84.5 Å². The van der Waals surface area contributed by atoms with Crippen LogP contribution in [0.15, 0.2) is 41.3 Å². The monoisotopic (exact) mass is 442 g/mol. The van der Waals surface area contributed by atoms with Gasteiger partial charge in [0.25, 0.3) is 5.91 Å². The Labute approximate surface area is 174 Å². The van der Waals surface area contributed by atoms with Gasteiger partial charge in [-0.2, -0.15) is 0 Å². The zero-order valence-electron chi connectivity index (χ0n) is 15.2. The van der Waals surface area contributed by atoms with Crippen LogP contribution >= 0.6 is 23.2 Å². The molecular weight excluding hydrogens is 423 g/mol. The number of rotatable bonds is 6. The lowest BCUT2D eigenvalue weighted by atomic mass is 10.1. The van der Waals surface area contributed by atoms with E-state index in [2.05, 4.69) is 10.0 Å². The van der Waals surface area contributed by atoms with E-state index in [4.69, 9.17) is 27.9 Å². The molecule has 9 heteroatoms. The second-order valence-corrected chi connectivity index (χ2v) is 9.05. The van der Waals surface area contributed by atoms with Gasteiger partial charge in [-0.25, -0.2) is 13.1 Å². The highest BCUT2D eigenvalue weighted by atomic mass is 35.5. The zero-order valence-corrected chi connectivity index (χ0v) is 17.5. The Kier molecular flexibility index (Phi) is 6.62. The van der Waals surface area contributed by atoms with Gasteiger partial charge >= 0.3 is 0 Å². The molecule has 2 aromatic carbocycles. The fraction of sp³-hybridized carbons (Fsp3) is 0.316. The van der Waals surface area contributed by atoms with Crippen molar-refractivity contribution >= 4 is 44.8 Å². The molecule has 3 rings (SSSR count). The molecule has 0 radical (unpaired) electrons. The number of anilines is 1. The molecule has 0 bridgehead atoms. The predicted octanol–water partition coefficient (Wildman–Crippen LogP) is 4.01. The van der Waals surface area contributed by atoms with Crippen molar-refractivity contribution < 1.29 is 17.9 Å². The first-order chi connectivity index (χ1) is 13.3. The average molecular weight is 443 g/mol. The van der Waals surface area contributed by atoms with Crippen molar-refractivity contribution in [2.24, 2.45) is 0 Å². The molecular formula is C19H20Cl2N2O4S. The molecule has 1 saturated heterocycles. The van der Waals surface area contributed by atoms with Crippen LogP contribution in [0, 0.1) is 6.92 Å². The van der Waals surface area contributed by atoms with E-state index in [0.29, 0.717) is 17.3 Å². The molecule has 2 aromatic rings. The number of carbonyl (C=O) groups is 1. The van der Waals surface area contributed by atoms with Gasteiger partial charge in [0, 0.05) is 29.4 Å². The SMILES string of the molecule is Cc1c(Cl)cccc1NC(=O)c1ccc(Cl)c(S(=O)(=O)NCC2CCCO2)c1. The van der Waals surface area contributed by atoms with Crippen LogP contribution < -0.4 is 10.0 Å². The number of halogens is 2. The van der Waals surface area contributed by atoms with Gasteiger partial charge in [0.15, 0.2) is 0 Å². The summed E-state index contributed by atoms with van der Waals surface area (Å²) in [5, 5.41) is 3.30. The quantitative estimate of drug-likeness (QED) is 0.707. The maximum atomic E-state index is 12.6. The summed E-state index contributed by atoms with van der Waals surface area (Å²) >= 11 is 12.2. The highest BCUT2D eigenvalue weighted by molar-refractivity contribution is 7.89. The minimum Gasteiger partial charge on any atom is -0.377 e. The molecule has 28 heavy (non-hydrogen) atoms. The molecule has 1 unspecified atom stereocenters. The maximum absolute atomic E-state index is 12.6. The minimum absolute atomic E-state index is 0.0373. The summed E-state index contributed by atoms with van der Waals surface area (Å²) in [5.41, 5.74) is 1.44. The van der Waals surface area contributed by atoms with E-state index in [-0.39, 0.29) is 28.1 Å². The molecule has 1 aliphatic heterocycles. The third kappa shape index (κ3) is 4.85. The number of hydrogen-bond donors (Lipinski definition) is 2. The number of carbonyl (C=O) groups excluding carboxylic acids is 1. The number of ether oxygens (including phenoxy) is 1. The Hall–Kier alpha value is -1.64. The van der Waals surface area contributed by atoms with Crippen molar-refractivity contribution in [3.8, 4) is 0 Å². The van der Waals surface area contributed by atoms with Crippen molar-refractivity contribution in [2.75, 3.05) is 18.5 Å². The first kappa shape index (κ1) is 21.1. The lowest BCUT2D eigenvalue weighted by Gasteiger charge is -2.14. The number of sulfonamides is 1. The molecule has 0 aliphatic carbocycles. The van der Waals surface area contributed by atoms with Crippen molar-refractivity contribution in [1.29, 1.82) is 0 Å². The van der Waals surface area contributed by atoms with E-state index < -0.39 is 15.9 Å². The largest absolute Gasteiger partial charge is 0.377 e. The Morgan fingerprint density at radius 1 is 1.21 bits per heavy atom. The summed E-state index contributed by atoms with van der Waals surface area (Å²) in [7, 11) is -3.89. The van der Waals surface area contributed by atoms with Crippen LogP contribution in [0.3, 0.4) is 0 Å². The van der Waals surface area contributed by atoms with Gasteiger partial charge in [0.05, 0.1) is 11.1 Å². The van der Waals surface area contributed by atoms with E-state index in [0.717, 1.165) is 18.4 Å². The van der Waals surface area contributed by atoms with Gasteiger partial charge in [-0.15, -0.1) is 0 Å². The molecule has 1 atom stereocenters. The molecule has 6 nitrogen and oxygen atoms in total. The summed E-state index contributed by atoms with van der Waals surface area (Å²) in [6.07, 6.45) is 1.56. The summed E-state index contributed by atoms with van der Waals surface area (Å²) in [4.78, 5) is 12.5. The molecule has 2 N–H and O–H groups in total. The number of nitrogens with one attached hydrogen (secondary N) is 2. The van der Waals surface area contributed by atoms with E-state index in [1.165, 1.54) is 18.2 Å². The van der Waals surface area contributed by atoms with Crippen LogP contribution in [0.4, 0.5) is 5.69 Å². The Bertz CT molecular complexity index is 989. The maximum Gasteiger partial charge on any atom is 0.255 e. The van der Waals surface area contributed by atoms with Crippen LogP contribution in [0.5, 0.6) is 0 Å². The van der Waals surface area contributed by atoms with Gasteiger partial charge in [0.1, 0.15) is 4.90 Å². The van der Waals surface area contributed by atoms with E-state index >= 15 is 0 Å². The lowest BCUT2D eigenvalue weighted by molar-refractivity contribution is 0.102. The van der Waals surface area contributed by atoms with Gasteiger partial charge in [0.2, 0.25) is 10.0 Å². The molecule has 1 amide bonds. The Balaban J connectivity index is 1.80. The molecule has 1 aliphatic rings. The van der Waals surface area contributed by atoms with E-state index in [9.17, 15) is 13.2 Å². The summed E-state index contributed by atoms with van der Waals surface area (Å²) in [5.74, 6) is -0.461. The van der Waals surface area contributed by atoms with Crippen molar-refractivity contribution in [2.45, 2.75) is 30.8 Å². The first-order valence-corrected chi connectivity index (χ1v) is 11.0. The third-order valence-corrected chi connectivity index (χ3v) is 6.84. The predicted molar refractivity (Wildman–Crippen MR) is 110 cm³/mol. The Morgan fingerprint density at radius 3 is 2.71 bits per heavy atom. The lowest BCUT2D eigenvalue weighted by Crippen LogP contribution is -2.32. The van der Waals surface area contributed by atoms with Crippen molar-refractivity contribution in [3.63, 3.8) is 0 Å². The smallest absolute Gasteiger partial charge is 0.255 e. The Morgan fingerprint density at radius 2 is 2.00 bits per heavy atom. The van der Waals surface area contributed by atoms with E-state index in [1.807, 2.05) is 0 Å². The van der Waals surface area contributed by atoms with Crippen LogP contribution in [-0.2, 0) is 14.8 Å². The van der Waals surface area contributed by atoms with Gasteiger partial charge in [-0.05, 0) is 55.7 Å². The second-order valence-electron chi connectivity index (χ2n) is 6.50. The third-order valence-electron chi connectivity index (χ3n) is 4.52. The number of benzene rings is 2. The zero-order chi connectivity index (χ0) is 20.3. The van der Waals surface area contributed by atoms with Crippen molar-refractivity contribution in [1.82, 2.24) is 4.72 Å². The van der Waals surface area contributed by atoms with Crippen molar-refractivity contribution in [3.05, 3.63) is 57.6 Å². The van der Waals surface area contributed by atoms with Gasteiger partial charge < -0.3 is 10.1 Å². The fourth-order valence-electron chi connectivity index (χ4n) is 2.87. The fourth-order valence-corrected chi connectivity index (χ4v) is 4.64. The highest BCUT2D eigenvalue weighted by Gasteiger charge is 2.23. The first-order valence-electron chi connectivity index (χ1n) is 8.75. The second kappa shape index (κ2) is 8.80. The molecule has 150 valence electrons. The molecule has 0 saturated carbocycles. The molecule has 1 heterocycles. The van der Waals surface area contributed by atoms with Crippen LogP contribution in [-0.4, -0.2) is 33.6 Å². The summed E-state index contributed by atoms with van der Waals surface area (Å²) < 4.78 is 33.2. The molecule has 0 spiro atoms. The van der Waals surface area contributed by atoms with Crippen LogP contribution in [0.25, 0.3) is 0 Å². The number of amides is 1. The highest BCUT2D eigenvalue weighted by Crippen LogP contribution is 2.26. The normalized spacial score (nSPS) is 16.9. The number of hydrogen-bond acceptors (Lipinski definition) is 4. The minimum atomic E-state index is -3.89. The standard InChI is InChI=1S/C19H20Cl2N2O4S/c1-12-15(20)5-2-6-17(12)23-19(24)13-7-8-16(21)18(10-13)28(25,26)22-11-14-4-3-9-27-14/h2,5-8,10,14,22H,3-4,9,11H2,1H3,(H,23,24). The van der Waals surface area contributed by atoms with Gasteiger partial charge in [-0.1, -0.05) is 29.3 Å². The molecule has 1 fully saturated rings. The van der Waals surface area contributed by atoms with E-state index in [1.54, 1.807) is 25.1 Å². The van der Waals surface area contributed by atoms with Crippen LogP contribution in [0.1, 0.15) is 28.8 Å². The molecule has 0 aromatic heterocycles. The summed E-state index contributed by atoms with van der Waals surface area (Å²) in [6, 6.07) is 9.28. The summed E-state index contributed by atoms with van der Waals surface area (Å²) in [6.45, 7) is 2.58. The van der Waals surface area contributed by atoms with Crippen LogP contribution in [0.2, 0.25) is 10.0 Å². The van der Waals surface area contributed by atoms with Gasteiger partial charge in [-0.3, -0.25) is 4.79 Å².